The van der Waals surface area contributed by atoms with E-state index in [1.807, 2.05) is 4.90 Å². The SMILES string of the molecule is CC1CCN(C(=O)CCn2c(=O)[nH]c(=O)c3ccccc32)CC1. The van der Waals surface area contributed by atoms with E-state index >= 15 is 0 Å². The highest BCUT2D eigenvalue weighted by atomic mass is 16.2. The minimum absolute atomic E-state index is 0.0686. The van der Waals surface area contributed by atoms with Crippen LogP contribution in [0.5, 0.6) is 0 Å². The number of H-pyrrole nitrogens is 1. The summed E-state index contributed by atoms with van der Waals surface area (Å²) in [4.78, 5) is 40.4. The normalized spacial score (nSPS) is 16.0. The monoisotopic (exact) mass is 315 g/mol. The molecule has 0 radical (unpaired) electrons. The molecule has 1 N–H and O–H groups in total. The van der Waals surface area contributed by atoms with E-state index in [1.165, 1.54) is 4.57 Å². The number of carbonyl (C=O) groups excluding carboxylic acids is 1. The van der Waals surface area contributed by atoms with Crippen molar-refractivity contribution in [3.63, 3.8) is 0 Å². The van der Waals surface area contributed by atoms with E-state index in [4.69, 9.17) is 0 Å². The van der Waals surface area contributed by atoms with Crippen molar-refractivity contribution in [3.8, 4) is 0 Å². The number of piperidine rings is 1. The Morgan fingerprint density at radius 2 is 1.91 bits per heavy atom. The first-order valence-electron chi connectivity index (χ1n) is 8.06. The average molecular weight is 315 g/mol. The van der Waals surface area contributed by atoms with E-state index in [-0.39, 0.29) is 18.9 Å². The quantitative estimate of drug-likeness (QED) is 0.928. The number of nitrogens with one attached hydrogen (secondary N) is 1. The van der Waals surface area contributed by atoms with Gasteiger partial charge in [0.25, 0.3) is 5.56 Å². The van der Waals surface area contributed by atoms with E-state index < -0.39 is 11.2 Å². The molecule has 2 aromatic rings. The Kier molecular flexibility index (Phi) is 4.32. The molecular formula is C17H21N3O3. The average Bonchev–Trinajstić information content (AvgIpc) is 2.55. The molecule has 3 rings (SSSR count). The predicted octanol–water partition coefficient (Wildman–Crippen LogP) is 1.34. The third-order valence-electron chi connectivity index (χ3n) is 4.59. The maximum Gasteiger partial charge on any atom is 0.328 e. The summed E-state index contributed by atoms with van der Waals surface area (Å²) in [6, 6.07) is 6.95. The highest BCUT2D eigenvalue weighted by molar-refractivity contribution is 5.79. The molecule has 1 aromatic heterocycles. The van der Waals surface area contributed by atoms with Gasteiger partial charge in [-0.2, -0.15) is 0 Å². The summed E-state index contributed by atoms with van der Waals surface area (Å²) in [5.41, 5.74) is -0.284. The van der Waals surface area contributed by atoms with Crippen molar-refractivity contribution in [1.82, 2.24) is 14.5 Å². The van der Waals surface area contributed by atoms with Crippen LogP contribution in [0.1, 0.15) is 26.2 Å². The molecule has 23 heavy (non-hydrogen) atoms. The highest BCUT2D eigenvalue weighted by Gasteiger charge is 2.20. The molecule has 0 unspecified atom stereocenters. The van der Waals surface area contributed by atoms with Crippen LogP contribution in [0.3, 0.4) is 0 Å². The molecule has 1 aliphatic heterocycles. The Morgan fingerprint density at radius 3 is 2.65 bits per heavy atom. The van der Waals surface area contributed by atoms with Crippen LogP contribution in [0.4, 0.5) is 0 Å². The zero-order valence-corrected chi connectivity index (χ0v) is 13.2. The lowest BCUT2D eigenvalue weighted by molar-refractivity contribution is -0.132. The molecule has 0 saturated carbocycles. The molecule has 2 heterocycles. The Labute approximate surface area is 133 Å². The van der Waals surface area contributed by atoms with Gasteiger partial charge in [-0.1, -0.05) is 19.1 Å². The number of amides is 1. The molecule has 0 aliphatic carbocycles. The number of rotatable bonds is 3. The summed E-state index contributed by atoms with van der Waals surface area (Å²) < 4.78 is 1.47. The first-order chi connectivity index (χ1) is 11.1. The van der Waals surface area contributed by atoms with Gasteiger partial charge in [0.15, 0.2) is 0 Å². The van der Waals surface area contributed by atoms with Crippen molar-refractivity contribution in [1.29, 1.82) is 0 Å². The first-order valence-corrected chi connectivity index (χ1v) is 8.06. The molecule has 1 amide bonds. The summed E-state index contributed by atoms with van der Waals surface area (Å²) >= 11 is 0. The first kappa shape index (κ1) is 15.5. The third-order valence-corrected chi connectivity index (χ3v) is 4.59. The third kappa shape index (κ3) is 3.21. The van der Waals surface area contributed by atoms with Crippen LogP contribution in [-0.2, 0) is 11.3 Å². The zero-order valence-electron chi connectivity index (χ0n) is 13.2. The minimum Gasteiger partial charge on any atom is -0.343 e. The van der Waals surface area contributed by atoms with Gasteiger partial charge in [0.2, 0.25) is 5.91 Å². The van der Waals surface area contributed by atoms with Crippen molar-refractivity contribution in [3.05, 3.63) is 45.1 Å². The topological polar surface area (TPSA) is 75.2 Å². The van der Waals surface area contributed by atoms with Crippen molar-refractivity contribution in [2.24, 2.45) is 5.92 Å². The van der Waals surface area contributed by atoms with E-state index in [1.54, 1.807) is 24.3 Å². The van der Waals surface area contributed by atoms with Gasteiger partial charge in [0, 0.05) is 26.1 Å². The highest BCUT2D eigenvalue weighted by Crippen LogP contribution is 2.17. The van der Waals surface area contributed by atoms with E-state index in [2.05, 4.69) is 11.9 Å². The van der Waals surface area contributed by atoms with Gasteiger partial charge in [0.1, 0.15) is 0 Å². The smallest absolute Gasteiger partial charge is 0.328 e. The molecule has 1 fully saturated rings. The lowest BCUT2D eigenvalue weighted by atomic mass is 9.99. The second-order valence-electron chi connectivity index (χ2n) is 6.24. The number of benzene rings is 1. The van der Waals surface area contributed by atoms with Crippen LogP contribution in [-0.4, -0.2) is 33.4 Å². The summed E-state index contributed by atoms with van der Waals surface area (Å²) in [6.45, 7) is 4.07. The Bertz CT molecular complexity index is 829. The minimum atomic E-state index is -0.464. The maximum atomic E-state index is 12.3. The number of aromatic amines is 1. The van der Waals surface area contributed by atoms with E-state index in [0.717, 1.165) is 25.9 Å². The fourth-order valence-corrected chi connectivity index (χ4v) is 3.09. The fraction of sp³-hybridized carbons (Fsp3) is 0.471. The van der Waals surface area contributed by atoms with Gasteiger partial charge >= 0.3 is 5.69 Å². The molecule has 0 bridgehead atoms. The van der Waals surface area contributed by atoms with Gasteiger partial charge in [-0.25, -0.2) is 4.79 Å². The number of fused-ring (bicyclic) bond motifs is 1. The molecular weight excluding hydrogens is 294 g/mol. The summed E-state index contributed by atoms with van der Waals surface area (Å²) in [7, 11) is 0. The molecule has 1 aromatic carbocycles. The number of nitrogens with zero attached hydrogens (tertiary/aromatic N) is 2. The number of hydrogen-bond donors (Lipinski definition) is 1. The predicted molar refractivity (Wildman–Crippen MR) is 88.4 cm³/mol. The zero-order chi connectivity index (χ0) is 16.4. The lowest BCUT2D eigenvalue weighted by Crippen LogP contribution is -2.39. The van der Waals surface area contributed by atoms with Gasteiger partial charge in [-0.05, 0) is 30.9 Å². The van der Waals surface area contributed by atoms with Gasteiger partial charge < -0.3 is 4.90 Å². The number of para-hydroxylation sites is 1. The molecule has 6 nitrogen and oxygen atoms in total. The maximum absolute atomic E-state index is 12.3. The van der Waals surface area contributed by atoms with Crippen molar-refractivity contribution >= 4 is 16.8 Å². The number of aryl methyl sites for hydroxylation is 1. The largest absolute Gasteiger partial charge is 0.343 e. The Hall–Kier alpha value is -2.37. The number of hydrogen-bond acceptors (Lipinski definition) is 3. The summed E-state index contributed by atoms with van der Waals surface area (Å²) in [5, 5.41) is 0.464. The molecule has 0 atom stereocenters. The standard InChI is InChI=1S/C17H21N3O3/c1-12-6-9-19(10-7-12)15(21)8-11-20-14-5-3-2-4-13(14)16(22)18-17(20)23/h2-5,12H,6-11H2,1H3,(H,18,22,23). The van der Waals surface area contributed by atoms with Crippen LogP contribution in [0.15, 0.2) is 33.9 Å². The molecule has 122 valence electrons. The molecule has 1 aliphatic rings. The van der Waals surface area contributed by atoms with Crippen molar-refractivity contribution < 1.29 is 4.79 Å². The molecule has 6 heteroatoms. The fourth-order valence-electron chi connectivity index (χ4n) is 3.09. The van der Waals surface area contributed by atoms with E-state index in [9.17, 15) is 14.4 Å². The Morgan fingerprint density at radius 1 is 1.22 bits per heavy atom. The second kappa shape index (κ2) is 6.40. The van der Waals surface area contributed by atoms with Gasteiger partial charge in [0.05, 0.1) is 10.9 Å². The summed E-state index contributed by atoms with van der Waals surface area (Å²) in [5.74, 6) is 0.740. The number of aromatic nitrogens is 2. The number of likely N-dealkylation sites (tertiary alicyclic amines) is 1. The van der Waals surface area contributed by atoms with E-state index in [0.29, 0.717) is 16.8 Å². The van der Waals surface area contributed by atoms with Crippen molar-refractivity contribution in [2.75, 3.05) is 13.1 Å². The van der Waals surface area contributed by atoms with Crippen LogP contribution in [0, 0.1) is 5.92 Å². The van der Waals surface area contributed by atoms with Crippen LogP contribution < -0.4 is 11.2 Å². The molecule has 1 saturated heterocycles. The van der Waals surface area contributed by atoms with Crippen LogP contribution in [0.2, 0.25) is 0 Å². The second-order valence-corrected chi connectivity index (χ2v) is 6.24. The van der Waals surface area contributed by atoms with Crippen LogP contribution in [0.25, 0.3) is 10.9 Å². The lowest BCUT2D eigenvalue weighted by Gasteiger charge is -2.30. The van der Waals surface area contributed by atoms with Gasteiger partial charge in [-0.15, -0.1) is 0 Å². The van der Waals surface area contributed by atoms with Crippen LogP contribution >= 0.6 is 0 Å². The number of carbonyl (C=O) groups is 1. The Balaban J connectivity index is 1.78. The van der Waals surface area contributed by atoms with Crippen molar-refractivity contribution in [2.45, 2.75) is 32.7 Å². The summed E-state index contributed by atoms with van der Waals surface area (Å²) in [6.07, 6.45) is 2.34. The van der Waals surface area contributed by atoms with Gasteiger partial charge in [-0.3, -0.25) is 19.1 Å². The molecule has 0 spiro atoms.